The Kier molecular flexibility index (Phi) is 7.36. The van der Waals surface area contributed by atoms with E-state index >= 15 is 0 Å². The Morgan fingerprint density at radius 1 is 1.33 bits per heavy atom. The van der Waals surface area contributed by atoms with Gasteiger partial charge >= 0.3 is 5.97 Å². The van der Waals surface area contributed by atoms with Crippen molar-refractivity contribution in [1.82, 2.24) is 5.32 Å². The number of carboxylic acids is 1. The predicted molar refractivity (Wildman–Crippen MR) is 83.0 cm³/mol. The van der Waals surface area contributed by atoms with Crippen molar-refractivity contribution in [1.29, 1.82) is 0 Å². The van der Waals surface area contributed by atoms with E-state index in [-0.39, 0.29) is 12.5 Å². The van der Waals surface area contributed by atoms with Crippen molar-refractivity contribution in [2.75, 3.05) is 6.54 Å². The van der Waals surface area contributed by atoms with Crippen LogP contribution in [0.3, 0.4) is 0 Å². The van der Waals surface area contributed by atoms with Gasteiger partial charge in [-0.3, -0.25) is 4.79 Å². The Labute approximate surface area is 126 Å². The van der Waals surface area contributed by atoms with Crippen LogP contribution in [0, 0.1) is 5.92 Å². The zero-order valence-electron chi connectivity index (χ0n) is 12.7. The second kappa shape index (κ2) is 8.77. The number of hydrogen-bond donors (Lipinski definition) is 4. The Morgan fingerprint density at radius 3 is 2.48 bits per heavy atom. The van der Waals surface area contributed by atoms with E-state index in [9.17, 15) is 15.0 Å². The number of benzene rings is 1. The van der Waals surface area contributed by atoms with Crippen LogP contribution in [0.1, 0.15) is 25.8 Å². The lowest BCUT2D eigenvalue weighted by Crippen LogP contribution is -2.49. The molecule has 1 aromatic carbocycles. The molecule has 118 valence electrons. The van der Waals surface area contributed by atoms with Crippen LogP contribution in [0.15, 0.2) is 30.3 Å². The quantitative estimate of drug-likeness (QED) is 0.545. The van der Waals surface area contributed by atoms with Crippen molar-refractivity contribution >= 4 is 5.97 Å². The maximum atomic E-state index is 11.2. The summed E-state index contributed by atoms with van der Waals surface area (Å²) in [6.07, 6.45) is 0.539. The lowest BCUT2D eigenvalue weighted by Gasteiger charge is -2.24. The summed E-state index contributed by atoms with van der Waals surface area (Å²) in [5, 5.41) is 22.2. The van der Waals surface area contributed by atoms with Crippen molar-refractivity contribution in [2.45, 2.75) is 44.9 Å². The van der Waals surface area contributed by atoms with E-state index in [1.807, 2.05) is 44.2 Å². The van der Waals surface area contributed by atoms with Crippen LogP contribution in [0.4, 0.5) is 0 Å². The molecule has 0 aliphatic heterocycles. The number of nitrogens with one attached hydrogen (secondary N) is 1. The number of aliphatic carboxylic acids is 1. The van der Waals surface area contributed by atoms with Gasteiger partial charge in [-0.15, -0.1) is 0 Å². The topological polar surface area (TPSA) is 95.6 Å². The molecule has 0 fully saturated rings. The molecule has 1 aromatic rings. The normalized spacial score (nSPS) is 17.0. The number of aliphatic hydroxyl groups is 1. The number of aliphatic hydroxyl groups excluding tert-OH is 1. The molecule has 0 aliphatic rings. The minimum absolute atomic E-state index is 0.0000443. The van der Waals surface area contributed by atoms with Crippen molar-refractivity contribution in [2.24, 2.45) is 11.7 Å². The maximum absolute atomic E-state index is 11.2. The summed E-state index contributed by atoms with van der Waals surface area (Å²) >= 11 is 0. The van der Waals surface area contributed by atoms with Gasteiger partial charge in [-0.25, -0.2) is 0 Å². The standard InChI is InChI=1S/C16H26N2O3/c1-3-11(2)15(16(20)21)18-10-14(19)13(17)9-12-7-5-4-6-8-12/h4-8,11,13-15,18-19H,3,9-10,17H2,1-2H3,(H,20,21)/t11-,13+,14+,15-/m0/s1. The number of hydrogen-bond acceptors (Lipinski definition) is 4. The van der Waals surface area contributed by atoms with E-state index in [1.54, 1.807) is 0 Å². The number of rotatable bonds is 9. The molecule has 1 rings (SSSR count). The third-order valence-electron chi connectivity index (χ3n) is 3.83. The zero-order valence-corrected chi connectivity index (χ0v) is 12.7. The Morgan fingerprint density at radius 2 is 1.95 bits per heavy atom. The van der Waals surface area contributed by atoms with Gasteiger partial charge in [-0.2, -0.15) is 0 Å². The van der Waals surface area contributed by atoms with E-state index in [0.29, 0.717) is 6.42 Å². The molecular weight excluding hydrogens is 268 g/mol. The monoisotopic (exact) mass is 294 g/mol. The van der Waals surface area contributed by atoms with E-state index in [1.165, 1.54) is 0 Å². The fraction of sp³-hybridized carbons (Fsp3) is 0.562. The van der Waals surface area contributed by atoms with Crippen LogP contribution >= 0.6 is 0 Å². The molecule has 5 heteroatoms. The second-order valence-corrected chi connectivity index (χ2v) is 5.53. The van der Waals surface area contributed by atoms with Crippen molar-refractivity contribution in [3.8, 4) is 0 Å². The first kappa shape index (κ1) is 17.6. The first-order chi connectivity index (χ1) is 9.95. The number of carboxylic acid groups (broad SMARTS) is 1. The summed E-state index contributed by atoms with van der Waals surface area (Å²) in [4.78, 5) is 11.2. The minimum atomic E-state index is -0.895. The summed E-state index contributed by atoms with van der Waals surface area (Å²) in [5.41, 5.74) is 7.04. The van der Waals surface area contributed by atoms with E-state index in [2.05, 4.69) is 5.32 Å². The number of carbonyl (C=O) groups is 1. The van der Waals surface area contributed by atoms with Gasteiger partial charge in [0.05, 0.1) is 6.10 Å². The molecule has 5 N–H and O–H groups in total. The molecule has 0 aromatic heterocycles. The fourth-order valence-corrected chi connectivity index (χ4v) is 2.19. The van der Waals surface area contributed by atoms with E-state index in [0.717, 1.165) is 12.0 Å². The summed E-state index contributed by atoms with van der Waals surface area (Å²) < 4.78 is 0. The third-order valence-corrected chi connectivity index (χ3v) is 3.83. The van der Waals surface area contributed by atoms with Crippen LogP contribution in [0.5, 0.6) is 0 Å². The minimum Gasteiger partial charge on any atom is -0.480 e. The van der Waals surface area contributed by atoms with Gasteiger partial charge in [0, 0.05) is 12.6 Å². The summed E-state index contributed by atoms with van der Waals surface area (Å²) in [6, 6.07) is 8.61. The molecule has 0 saturated heterocycles. The SMILES string of the molecule is CC[C@H](C)[C@H](NC[C@@H](O)[C@H](N)Cc1ccccc1)C(=O)O. The Bertz CT molecular complexity index is 425. The van der Waals surface area contributed by atoms with Gasteiger partial charge < -0.3 is 21.3 Å². The van der Waals surface area contributed by atoms with Crippen molar-refractivity contribution in [3.63, 3.8) is 0 Å². The maximum Gasteiger partial charge on any atom is 0.320 e. The molecule has 0 amide bonds. The molecule has 0 saturated carbocycles. The first-order valence-corrected chi connectivity index (χ1v) is 7.39. The summed E-state index contributed by atoms with van der Waals surface area (Å²) in [5.74, 6) is -0.895. The van der Waals surface area contributed by atoms with Crippen LogP contribution in [-0.4, -0.2) is 40.9 Å². The average molecular weight is 294 g/mol. The molecular formula is C16H26N2O3. The fourth-order valence-electron chi connectivity index (χ4n) is 2.19. The van der Waals surface area contributed by atoms with Gasteiger partial charge in [0.25, 0.3) is 0 Å². The molecule has 0 bridgehead atoms. The predicted octanol–water partition coefficient (Wildman–Crippen LogP) is 1.01. The van der Waals surface area contributed by atoms with Crippen LogP contribution in [-0.2, 0) is 11.2 Å². The highest BCUT2D eigenvalue weighted by molar-refractivity contribution is 5.73. The van der Waals surface area contributed by atoms with E-state index in [4.69, 9.17) is 5.73 Å². The van der Waals surface area contributed by atoms with E-state index < -0.39 is 24.2 Å². The number of nitrogens with two attached hydrogens (primary N) is 1. The molecule has 21 heavy (non-hydrogen) atoms. The summed E-state index contributed by atoms with van der Waals surface area (Å²) in [7, 11) is 0. The van der Waals surface area contributed by atoms with Gasteiger partial charge in [0.1, 0.15) is 6.04 Å². The zero-order chi connectivity index (χ0) is 15.8. The third kappa shape index (κ3) is 5.83. The van der Waals surface area contributed by atoms with Crippen LogP contribution in [0.2, 0.25) is 0 Å². The molecule has 0 radical (unpaired) electrons. The van der Waals surface area contributed by atoms with Gasteiger partial charge in [0.15, 0.2) is 0 Å². The molecule has 0 unspecified atom stereocenters. The Hall–Kier alpha value is -1.43. The van der Waals surface area contributed by atoms with Gasteiger partial charge in [-0.05, 0) is 17.9 Å². The molecule has 5 nitrogen and oxygen atoms in total. The molecule has 0 spiro atoms. The largest absolute Gasteiger partial charge is 0.480 e. The Balaban J connectivity index is 2.48. The van der Waals surface area contributed by atoms with Gasteiger partial charge in [0.2, 0.25) is 0 Å². The van der Waals surface area contributed by atoms with Crippen LogP contribution in [0.25, 0.3) is 0 Å². The summed E-state index contributed by atoms with van der Waals surface area (Å²) in [6.45, 7) is 4.00. The molecule has 4 atom stereocenters. The first-order valence-electron chi connectivity index (χ1n) is 7.39. The molecule has 0 heterocycles. The smallest absolute Gasteiger partial charge is 0.320 e. The highest BCUT2D eigenvalue weighted by Crippen LogP contribution is 2.09. The second-order valence-electron chi connectivity index (χ2n) is 5.53. The van der Waals surface area contributed by atoms with Crippen molar-refractivity contribution in [3.05, 3.63) is 35.9 Å². The highest BCUT2D eigenvalue weighted by atomic mass is 16.4. The lowest BCUT2D eigenvalue weighted by molar-refractivity contribution is -0.141. The molecule has 0 aliphatic carbocycles. The highest BCUT2D eigenvalue weighted by Gasteiger charge is 2.25. The van der Waals surface area contributed by atoms with Gasteiger partial charge in [-0.1, -0.05) is 50.6 Å². The van der Waals surface area contributed by atoms with Crippen molar-refractivity contribution < 1.29 is 15.0 Å². The van der Waals surface area contributed by atoms with Crippen LogP contribution < -0.4 is 11.1 Å². The average Bonchev–Trinajstić information content (AvgIpc) is 2.47. The lowest BCUT2D eigenvalue weighted by atomic mass is 9.98.